The van der Waals surface area contributed by atoms with E-state index < -0.39 is 5.82 Å². The Bertz CT molecular complexity index is 237. The van der Waals surface area contributed by atoms with Crippen LogP contribution in [0.3, 0.4) is 0 Å². The maximum absolute atomic E-state index is 12.3. The van der Waals surface area contributed by atoms with Crippen molar-refractivity contribution in [3.8, 4) is 5.75 Å². The summed E-state index contributed by atoms with van der Waals surface area (Å²) >= 11 is 0. The van der Waals surface area contributed by atoms with E-state index in [1.54, 1.807) is 0 Å². The fraction of sp³-hybridized carbons (Fsp3) is 0.143. The second kappa shape index (κ2) is 2.56. The minimum absolute atomic E-state index is 0.291. The summed E-state index contributed by atoms with van der Waals surface area (Å²) in [6.45, 7) is 0. The maximum Gasteiger partial charge on any atom is 0.142 e. The number of anilines is 1. The lowest BCUT2D eigenvalue weighted by Crippen LogP contribution is -1.92. The zero-order valence-electron chi connectivity index (χ0n) is 5.52. The number of ether oxygens (including phenoxy) is 1. The van der Waals surface area contributed by atoms with E-state index in [-0.39, 0.29) is 0 Å². The number of nitrogen functional groups attached to an aromatic ring is 1. The van der Waals surface area contributed by atoms with Crippen LogP contribution in [0.15, 0.2) is 12.1 Å². The van der Waals surface area contributed by atoms with Crippen molar-refractivity contribution in [2.24, 2.45) is 0 Å². The Hall–Kier alpha value is -1.25. The van der Waals surface area contributed by atoms with E-state index in [0.717, 1.165) is 0 Å². The molecule has 1 radical (unpaired) electrons. The van der Waals surface area contributed by atoms with Crippen LogP contribution in [0, 0.1) is 11.9 Å². The summed E-state index contributed by atoms with van der Waals surface area (Å²) in [4.78, 5) is 0. The van der Waals surface area contributed by atoms with Crippen LogP contribution in [0.5, 0.6) is 5.75 Å². The first-order valence-corrected chi connectivity index (χ1v) is 2.74. The third-order valence-electron chi connectivity index (χ3n) is 1.13. The van der Waals surface area contributed by atoms with Gasteiger partial charge in [-0.15, -0.1) is 0 Å². The first-order chi connectivity index (χ1) is 4.74. The molecule has 3 heteroatoms. The van der Waals surface area contributed by atoms with Crippen LogP contribution in [0.2, 0.25) is 0 Å². The van der Waals surface area contributed by atoms with Crippen molar-refractivity contribution in [1.29, 1.82) is 0 Å². The quantitative estimate of drug-likeness (QED) is 0.595. The second-order valence-electron chi connectivity index (χ2n) is 1.80. The molecule has 0 aromatic heterocycles. The highest BCUT2D eigenvalue weighted by Crippen LogP contribution is 2.20. The highest BCUT2D eigenvalue weighted by atomic mass is 19.1. The van der Waals surface area contributed by atoms with Crippen molar-refractivity contribution in [2.45, 2.75) is 0 Å². The zero-order chi connectivity index (χ0) is 7.56. The smallest absolute Gasteiger partial charge is 0.142 e. The fourth-order valence-corrected chi connectivity index (χ4v) is 0.644. The lowest BCUT2D eigenvalue weighted by molar-refractivity contribution is 0.416. The number of hydrogen-bond donors (Lipinski definition) is 1. The molecule has 0 saturated carbocycles. The van der Waals surface area contributed by atoms with E-state index in [4.69, 9.17) is 10.5 Å². The molecule has 10 heavy (non-hydrogen) atoms. The van der Waals surface area contributed by atoms with Gasteiger partial charge >= 0.3 is 0 Å². The van der Waals surface area contributed by atoms with E-state index in [9.17, 15) is 4.39 Å². The van der Waals surface area contributed by atoms with Crippen LogP contribution in [0.25, 0.3) is 0 Å². The van der Waals surface area contributed by atoms with Gasteiger partial charge in [-0.25, -0.2) is 4.39 Å². The molecule has 2 N–H and O–H groups in total. The molecular weight excluding hydrogens is 133 g/mol. The van der Waals surface area contributed by atoms with E-state index in [0.29, 0.717) is 11.4 Å². The third-order valence-corrected chi connectivity index (χ3v) is 1.13. The lowest BCUT2D eigenvalue weighted by Gasteiger charge is -2.01. The molecule has 1 rings (SSSR count). The number of rotatable bonds is 1. The summed E-state index contributed by atoms with van der Waals surface area (Å²) < 4.78 is 17.1. The molecule has 0 spiro atoms. The molecule has 0 fully saturated rings. The second-order valence-corrected chi connectivity index (χ2v) is 1.80. The van der Waals surface area contributed by atoms with E-state index in [1.165, 1.54) is 19.2 Å². The van der Waals surface area contributed by atoms with Crippen LogP contribution in [-0.4, -0.2) is 7.11 Å². The molecule has 0 unspecified atom stereocenters. The van der Waals surface area contributed by atoms with Gasteiger partial charge in [-0.1, -0.05) is 0 Å². The van der Waals surface area contributed by atoms with Crippen molar-refractivity contribution >= 4 is 5.69 Å². The average Bonchev–Trinajstić information content (AvgIpc) is 1.88. The third kappa shape index (κ3) is 1.18. The molecule has 0 aliphatic rings. The molecule has 0 atom stereocenters. The topological polar surface area (TPSA) is 35.2 Å². The SMILES string of the molecule is COc1c[c]c(F)cc1N. The van der Waals surface area contributed by atoms with Crippen molar-refractivity contribution in [3.05, 3.63) is 24.0 Å². The standard InChI is InChI=1S/C7H7FNO/c1-10-7-3-2-5(8)4-6(7)9/h3-4H,9H2,1H3. The van der Waals surface area contributed by atoms with Crippen LogP contribution in [0.1, 0.15) is 0 Å². The Labute approximate surface area is 58.4 Å². The van der Waals surface area contributed by atoms with E-state index in [1.807, 2.05) is 0 Å². The van der Waals surface area contributed by atoms with Crippen molar-refractivity contribution < 1.29 is 9.13 Å². The Kier molecular flexibility index (Phi) is 1.76. The fourth-order valence-electron chi connectivity index (χ4n) is 0.644. The van der Waals surface area contributed by atoms with Crippen LogP contribution >= 0.6 is 0 Å². The molecule has 1 aromatic carbocycles. The molecule has 0 bridgehead atoms. The average molecular weight is 140 g/mol. The van der Waals surface area contributed by atoms with Gasteiger partial charge in [0.05, 0.1) is 12.8 Å². The Balaban J connectivity index is 3.07. The van der Waals surface area contributed by atoms with Gasteiger partial charge in [0, 0.05) is 12.1 Å². The Morgan fingerprint density at radius 2 is 2.40 bits per heavy atom. The number of hydrogen-bond acceptors (Lipinski definition) is 2. The molecule has 0 heterocycles. The number of methoxy groups -OCH3 is 1. The van der Waals surface area contributed by atoms with E-state index in [2.05, 4.69) is 6.07 Å². The van der Waals surface area contributed by atoms with Crippen molar-refractivity contribution in [1.82, 2.24) is 0 Å². The largest absolute Gasteiger partial charge is 0.495 e. The number of halogens is 1. The Morgan fingerprint density at radius 3 is 2.90 bits per heavy atom. The predicted octanol–water partition coefficient (Wildman–Crippen LogP) is 1.22. The molecule has 2 nitrogen and oxygen atoms in total. The summed E-state index contributed by atoms with van der Waals surface area (Å²) in [6, 6.07) is 4.85. The minimum atomic E-state index is -0.474. The summed E-state index contributed by atoms with van der Waals surface area (Å²) in [7, 11) is 1.47. The van der Waals surface area contributed by atoms with Gasteiger partial charge in [0.2, 0.25) is 0 Å². The normalized spacial score (nSPS) is 9.40. The molecule has 0 amide bonds. The maximum atomic E-state index is 12.3. The van der Waals surface area contributed by atoms with Crippen LogP contribution in [0.4, 0.5) is 10.1 Å². The van der Waals surface area contributed by atoms with Gasteiger partial charge in [0.1, 0.15) is 11.6 Å². The number of nitrogens with two attached hydrogens (primary N) is 1. The van der Waals surface area contributed by atoms with Gasteiger partial charge in [-0.2, -0.15) is 0 Å². The zero-order valence-corrected chi connectivity index (χ0v) is 5.52. The first kappa shape index (κ1) is 6.86. The summed E-state index contributed by atoms with van der Waals surface area (Å²) in [6.07, 6.45) is 0. The summed E-state index contributed by atoms with van der Waals surface area (Å²) in [5.74, 6) is -0.0281. The van der Waals surface area contributed by atoms with Crippen molar-refractivity contribution in [3.63, 3.8) is 0 Å². The highest BCUT2D eigenvalue weighted by Gasteiger charge is 1.98. The van der Waals surface area contributed by atoms with Gasteiger partial charge < -0.3 is 10.5 Å². The summed E-state index contributed by atoms with van der Waals surface area (Å²) in [5, 5.41) is 0. The predicted molar refractivity (Wildman–Crippen MR) is 36.2 cm³/mol. The van der Waals surface area contributed by atoms with Crippen LogP contribution < -0.4 is 10.5 Å². The molecular formula is C7H7FNO. The van der Waals surface area contributed by atoms with Gasteiger partial charge in [0.15, 0.2) is 0 Å². The van der Waals surface area contributed by atoms with Gasteiger partial charge in [-0.3, -0.25) is 0 Å². The lowest BCUT2D eigenvalue weighted by atomic mass is 10.3. The highest BCUT2D eigenvalue weighted by molar-refractivity contribution is 5.51. The van der Waals surface area contributed by atoms with Gasteiger partial charge in [0.25, 0.3) is 0 Å². The molecule has 53 valence electrons. The monoisotopic (exact) mass is 140 g/mol. The van der Waals surface area contributed by atoms with Crippen LogP contribution in [-0.2, 0) is 0 Å². The van der Waals surface area contributed by atoms with Crippen molar-refractivity contribution in [2.75, 3.05) is 12.8 Å². The van der Waals surface area contributed by atoms with E-state index >= 15 is 0 Å². The minimum Gasteiger partial charge on any atom is -0.495 e. The number of benzene rings is 1. The molecule has 0 saturated heterocycles. The molecule has 0 aliphatic heterocycles. The van der Waals surface area contributed by atoms with Gasteiger partial charge in [-0.05, 0) is 6.07 Å². The molecule has 1 aromatic rings. The molecule has 0 aliphatic carbocycles. The first-order valence-electron chi connectivity index (χ1n) is 2.74. The Morgan fingerprint density at radius 1 is 1.70 bits per heavy atom. The summed E-state index contributed by atoms with van der Waals surface area (Å²) in [5.41, 5.74) is 5.64.